The van der Waals surface area contributed by atoms with E-state index in [2.05, 4.69) is 17.6 Å². The van der Waals surface area contributed by atoms with Crippen LogP contribution in [0.3, 0.4) is 0 Å². The Hall–Kier alpha value is -0.700. The summed E-state index contributed by atoms with van der Waals surface area (Å²) in [4.78, 5) is 11.9. The average molecular weight is 304 g/mol. The third-order valence-electron chi connectivity index (χ3n) is 4.11. The summed E-state index contributed by atoms with van der Waals surface area (Å²) in [6.07, 6.45) is 1.77. The molecule has 0 bridgehead atoms. The van der Waals surface area contributed by atoms with Crippen LogP contribution in [0.5, 0.6) is 0 Å². The Bertz CT molecular complexity index is 446. The number of carbonyl (C=O) groups is 1. The lowest BCUT2D eigenvalue weighted by molar-refractivity contribution is -0.124. The number of amides is 1. The van der Waals surface area contributed by atoms with Crippen LogP contribution in [0, 0.1) is 5.92 Å². The van der Waals surface area contributed by atoms with Crippen molar-refractivity contribution in [1.82, 2.24) is 19.2 Å². The first-order valence-electron chi connectivity index (χ1n) is 7.16. The Morgan fingerprint density at radius 3 is 2.50 bits per heavy atom. The van der Waals surface area contributed by atoms with Gasteiger partial charge in [-0.15, -0.1) is 0 Å². The molecule has 2 fully saturated rings. The highest BCUT2D eigenvalue weighted by Crippen LogP contribution is 2.22. The number of piperidine rings is 1. The lowest BCUT2D eigenvalue weighted by Gasteiger charge is -2.39. The largest absolute Gasteiger partial charge is 0.358 e. The first-order valence-corrected chi connectivity index (χ1v) is 8.55. The fraction of sp³-hybridized carbons (Fsp3) is 0.917. The summed E-state index contributed by atoms with van der Waals surface area (Å²) in [6, 6.07) is -0.655. The van der Waals surface area contributed by atoms with Crippen molar-refractivity contribution in [2.75, 3.05) is 39.8 Å². The van der Waals surface area contributed by atoms with E-state index < -0.39 is 16.3 Å². The van der Waals surface area contributed by atoms with Gasteiger partial charge < -0.3 is 10.6 Å². The molecule has 2 N–H and O–H groups in total. The molecule has 2 saturated heterocycles. The second-order valence-corrected chi connectivity index (χ2v) is 7.42. The Morgan fingerprint density at radius 1 is 1.25 bits per heavy atom. The Kier molecular flexibility index (Phi) is 5.00. The van der Waals surface area contributed by atoms with Crippen LogP contribution < -0.4 is 10.6 Å². The van der Waals surface area contributed by atoms with E-state index in [-0.39, 0.29) is 5.91 Å². The van der Waals surface area contributed by atoms with E-state index in [0.29, 0.717) is 38.6 Å². The van der Waals surface area contributed by atoms with Crippen LogP contribution in [0.2, 0.25) is 0 Å². The Balaban J connectivity index is 2.15. The summed E-state index contributed by atoms with van der Waals surface area (Å²) in [5.74, 6) is 0.311. The molecule has 0 saturated carbocycles. The summed E-state index contributed by atoms with van der Waals surface area (Å²) in [5, 5.41) is 5.62. The number of nitrogens with zero attached hydrogens (tertiary/aromatic N) is 2. The second kappa shape index (κ2) is 6.38. The van der Waals surface area contributed by atoms with E-state index in [9.17, 15) is 13.2 Å². The zero-order valence-corrected chi connectivity index (χ0v) is 12.9. The molecule has 0 aliphatic carbocycles. The second-order valence-electron chi connectivity index (χ2n) is 5.53. The molecule has 116 valence electrons. The van der Waals surface area contributed by atoms with Crippen LogP contribution in [0.25, 0.3) is 0 Å². The molecule has 7 nitrogen and oxygen atoms in total. The van der Waals surface area contributed by atoms with Crippen molar-refractivity contribution in [1.29, 1.82) is 0 Å². The number of nitrogens with one attached hydrogen (secondary N) is 2. The van der Waals surface area contributed by atoms with Crippen LogP contribution in [-0.4, -0.2) is 68.7 Å². The molecule has 1 atom stereocenters. The Labute approximate surface area is 120 Å². The molecule has 1 amide bonds. The normalized spacial score (nSPS) is 27.4. The number of hydrogen-bond donors (Lipinski definition) is 2. The fourth-order valence-electron chi connectivity index (χ4n) is 2.72. The summed E-state index contributed by atoms with van der Waals surface area (Å²) >= 11 is 0. The van der Waals surface area contributed by atoms with Gasteiger partial charge in [-0.3, -0.25) is 4.79 Å². The fourth-order valence-corrected chi connectivity index (χ4v) is 4.50. The summed E-state index contributed by atoms with van der Waals surface area (Å²) < 4.78 is 28.3. The molecular weight excluding hydrogens is 280 g/mol. The summed E-state index contributed by atoms with van der Waals surface area (Å²) in [5.41, 5.74) is 0. The van der Waals surface area contributed by atoms with Crippen molar-refractivity contribution < 1.29 is 13.2 Å². The van der Waals surface area contributed by atoms with Gasteiger partial charge in [-0.25, -0.2) is 0 Å². The average Bonchev–Trinajstić information content (AvgIpc) is 2.47. The molecule has 1 unspecified atom stereocenters. The van der Waals surface area contributed by atoms with Gasteiger partial charge in [-0.2, -0.15) is 17.0 Å². The molecule has 2 aliphatic heterocycles. The van der Waals surface area contributed by atoms with Gasteiger partial charge in [0.25, 0.3) is 10.2 Å². The third-order valence-corrected chi connectivity index (χ3v) is 6.16. The first-order chi connectivity index (χ1) is 9.46. The van der Waals surface area contributed by atoms with Crippen molar-refractivity contribution >= 4 is 16.1 Å². The van der Waals surface area contributed by atoms with Gasteiger partial charge >= 0.3 is 0 Å². The number of likely N-dealkylation sites (N-methyl/N-ethyl adjacent to an activating group) is 1. The van der Waals surface area contributed by atoms with Crippen LogP contribution in [-0.2, 0) is 15.0 Å². The molecule has 0 aromatic carbocycles. The van der Waals surface area contributed by atoms with Gasteiger partial charge in [0.05, 0.1) is 0 Å². The quantitative estimate of drug-likeness (QED) is 0.699. The lowest BCUT2D eigenvalue weighted by atomic mass is 10.0. The van der Waals surface area contributed by atoms with E-state index >= 15 is 0 Å². The highest BCUT2D eigenvalue weighted by Gasteiger charge is 2.40. The van der Waals surface area contributed by atoms with Crippen molar-refractivity contribution in [3.63, 3.8) is 0 Å². The molecule has 8 heteroatoms. The molecule has 20 heavy (non-hydrogen) atoms. The molecule has 0 aromatic rings. The van der Waals surface area contributed by atoms with Crippen molar-refractivity contribution in [2.45, 2.75) is 25.8 Å². The molecule has 0 spiro atoms. The van der Waals surface area contributed by atoms with E-state index in [1.165, 1.54) is 15.7 Å². The van der Waals surface area contributed by atoms with Gasteiger partial charge in [0.15, 0.2) is 0 Å². The van der Waals surface area contributed by atoms with Gasteiger partial charge in [0.1, 0.15) is 6.04 Å². The zero-order chi connectivity index (χ0) is 14.8. The molecule has 0 aromatic heterocycles. The monoisotopic (exact) mass is 304 g/mol. The minimum atomic E-state index is -3.55. The molecule has 2 aliphatic rings. The van der Waals surface area contributed by atoms with E-state index in [4.69, 9.17) is 0 Å². The van der Waals surface area contributed by atoms with E-state index in [1.807, 2.05) is 0 Å². The van der Waals surface area contributed by atoms with E-state index in [0.717, 1.165) is 12.8 Å². The number of hydrogen-bond acceptors (Lipinski definition) is 4. The minimum absolute atomic E-state index is 0.258. The Morgan fingerprint density at radius 2 is 1.90 bits per heavy atom. The highest BCUT2D eigenvalue weighted by molar-refractivity contribution is 7.86. The molecule has 0 radical (unpaired) electrons. The molecule has 2 heterocycles. The topological polar surface area (TPSA) is 81.8 Å². The molecule has 2 rings (SSSR count). The van der Waals surface area contributed by atoms with Gasteiger partial charge in [0, 0.05) is 39.8 Å². The van der Waals surface area contributed by atoms with E-state index in [1.54, 1.807) is 0 Å². The standard InChI is InChI=1S/C12H24N4O3S/c1-10-3-6-15(7-4-10)20(18,19)16-8-5-14-9-11(16)12(17)13-2/h10-11,14H,3-9H2,1-2H3,(H,13,17). The van der Waals surface area contributed by atoms with Crippen LogP contribution in [0.4, 0.5) is 0 Å². The minimum Gasteiger partial charge on any atom is -0.358 e. The van der Waals surface area contributed by atoms with Crippen molar-refractivity contribution in [3.8, 4) is 0 Å². The zero-order valence-electron chi connectivity index (χ0n) is 12.1. The maximum absolute atomic E-state index is 12.7. The van der Waals surface area contributed by atoms with Crippen LogP contribution in [0.1, 0.15) is 19.8 Å². The maximum atomic E-state index is 12.7. The van der Waals surface area contributed by atoms with Crippen molar-refractivity contribution in [2.24, 2.45) is 5.92 Å². The number of carbonyl (C=O) groups excluding carboxylic acids is 1. The highest BCUT2D eigenvalue weighted by atomic mass is 32.2. The number of piperazine rings is 1. The van der Waals surface area contributed by atoms with Gasteiger partial charge in [-0.1, -0.05) is 6.92 Å². The maximum Gasteiger partial charge on any atom is 0.282 e. The van der Waals surface area contributed by atoms with Gasteiger partial charge in [-0.05, 0) is 18.8 Å². The molecular formula is C12H24N4O3S. The summed E-state index contributed by atoms with van der Waals surface area (Å²) in [6.45, 7) is 4.52. The first kappa shape index (κ1) is 15.7. The van der Waals surface area contributed by atoms with Crippen LogP contribution >= 0.6 is 0 Å². The van der Waals surface area contributed by atoms with Crippen molar-refractivity contribution in [3.05, 3.63) is 0 Å². The number of rotatable bonds is 3. The SMILES string of the molecule is CNC(=O)C1CNCCN1S(=O)(=O)N1CCC(C)CC1. The summed E-state index contributed by atoms with van der Waals surface area (Å²) in [7, 11) is -2.01. The predicted molar refractivity (Wildman–Crippen MR) is 76.3 cm³/mol. The van der Waals surface area contributed by atoms with Crippen LogP contribution in [0.15, 0.2) is 0 Å². The lowest BCUT2D eigenvalue weighted by Crippen LogP contribution is -2.62. The predicted octanol–water partition coefficient (Wildman–Crippen LogP) is -1.02. The smallest absolute Gasteiger partial charge is 0.282 e. The third kappa shape index (κ3) is 3.13. The van der Waals surface area contributed by atoms with Gasteiger partial charge in [0.2, 0.25) is 5.91 Å².